The number of carbonyl (C=O) groups excluding carboxylic acids is 1. The van der Waals surface area contributed by atoms with E-state index in [0.29, 0.717) is 24.5 Å². The second kappa shape index (κ2) is 11.0. The first kappa shape index (κ1) is 18.7. The van der Waals surface area contributed by atoms with Crippen molar-refractivity contribution in [3.8, 4) is 0 Å². The number of aliphatic hydroxyl groups is 4. The minimum atomic E-state index is -1.52. The monoisotopic (exact) mass is 352 g/mol. The summed E-state index contributed by atoms with van der Waals surface area (Å²) < 4.78 is 18.2. The largest absolute Gasteiger partial charge is 0.394 e. The van der Waals surface area contributed by atoms with Crippen LogP contribution in [0.25, 0.3) is 0 Å². The van der Waals surface area contributed by atoms with Crippen LogP contribution in [0, 0.1) is 0 Å². The van der Waals surface area contributed by atoms with Gasteiger partial charge in [0.25, 0.3) is 0 Å². The number of ether oxygens (including phenoxy) is 2. The van der Waals surface area contributed by atoms with Crippen LogP contribution in [0.2, 0.25) is 0 Å². The first-order chi connectivity index (χ1) is 11.4. The highest BCUT2D eigenvalue weighted by molar-refractivity contribution is 7.99. The zero-order chi connectivity index (χ0) is 18.1. The molecule has 9 heteroatoms. The van der Waals surface area contributed by atoms with E-state index in [1.54, 1.807) is 0 Å². The van der Waals surface area contributed by atoms with Crippen molar-refractivity contribution < 1.29 is 36.1 Å². The fourth-order valence-electron chi connectivity index (χ4n) is 1.89. The fourth-order valence-corrected chi connectivity index (χ4v) is 2.61. The molecule has 5 N–H and O–H groups in total. The Morgan fingerprint density at radius 1 is 1.35 bits per heavy atom. The SMILES string of the molecule is [2H]C(CCSCCNC(=O)C=C)OC1O[C@H](CO)[C@@H](O)[C@H](O)[C@@H]1O. The van der Waals surface area contributed by atoms with Crippen LogP contribution in [0.3, 0.4) is 0 Å². The van der Waals surface area contributed by atoms with Crippen LogP contribution in [-0.2, 0) is 14.3 Å². The molecule has 0 aromatic carbocycles. The molecular formula is C14H25NO7S. The lowest BCUT2D eigenvalue weighted by Crippen LogP contribution is -2.59. The number of thioether (sulfide) groups is 1. The zero-order valence-corrected chi connectivity index (χ0v) is 13.5. The molecule has 0 bridgehead atoms. The third-order valence-corrected chi connectivity index (χ3v) is 4.21. The maximum absolute atomic E-state index is 10.9. The van der Waals surface area contributed by atoms with Gasteiger partial charge in [-0.15, -0.1) is 0 Å². The molecule has 1 heterocycles. The van der Waals surface area contributed by atoms with Gasteiger partial charge in [0.2, 0.25) is 5.91 Å². The topological polar surface area (TPSA) is 128 Å². The number of rotatable bonds is 10. The van der Waals surface area contributed by atoms with Gasteiger partial charge in [0.1, 0.15) is 24.4 Å². The Hall–Kier alpha value is -0.680. The molecule has 0 aliphatic carbocycles. The molecule has 0 aromatic rings. The van der Waals surface area contributed by atoms with Crippen LogP contribution >= 0.6 is 11.8 Å². The normalized spacial score (nSPS) is 32.9. The van der Waals surface area contributed by atoms with Crippen LogP contribution in [0.5, 0.6) is 0 Å². The Morgan fingerprint density at radius 2 is 2.09 bits per heavy atom. The summed E-state index contributed by atoms with van der Waals surface area (Å²) in [6.45, 7) is 2.29. The standard InChI is InChI=1S/C14H25NO7S/c1-2-10(17)15-4-7-23-6-3-5-21-14-13(20)12(19)11(18)9(8-16)22-14/h2,9,11-14,16,18-20H,1,3-8H2,(H,15,17)/t9-,11-,12+,13+,14?/m1/s1/i5D/t5?,9-,11-,12+,13+,14?. The quantitative estimate of drug-likeness (QED) is 0.231. The third kappa shape index (κ3) is 6.76. The summed E-state index contributed by atoms with van der Waals surface area (Å²) in [5, 5.41) is 40.8. The molecule has 134 valence electrons. The van der Waals surface area contributed by atoms with Crippen LogP contribution in [0.4, 0.5) is 0 Å². The molecule has 23 heavy (non-hydrogen) atoms. The van der Waals surface area contributed by atoms with E-state index in [2.05, 4.69) is 11.9 Å². The molecule has 0 aromatic heterocycles. The number of amides is 1. The van der Waals surface area contributed by atoms with Gasteiger partial charge in [-0.25, -0.2) is 0 Å². The zero-order valence-electron chi connectivity index (χ0n) is 13.7. The summed E-state index contributed by atoms with van der Waals surface area (Å²) >= 11 is 1.52. The van der Waals surface area contributed by atoms with Gasteiger partial charge in [0.15, 0.2) is 6.29 Å². The van der Waals surface area contributed by atoms with Gasteiger partial charge in [-0.05, 0) is 18.2 Å². The Morgan fingerprint density at radius 3 is 2.74 bits per heavy atom. The van der Waals surface area contributed by atoms with Crippen molar-refractivity contribution in [2.75, 3.05) is 31.2 Å². The average molecular weight is 352 g/mol. The molecule has 6 atom stereocenters. The summed E-state index contributed by atoms with van der Waals surface area (Å²) in [6.07, 6.45) is -5.28. The molecule has 1 amide bonds. The second-order valence-corrected chi connectivity index (χ2v) is 6.12. The van der Waals surface area contributed by atoms with Gasteiger partial charge in [-0.3, -0.25) is 4.79 Å². The first-order valence-electron chi connectivity index (χ1n) is 7.84. The molecule has 1 saturated heterocycles. The van der Waals surface area contributed by atoms with E-state index in [0.717, 1.165) is 0 Å². The lowest BCUT2D eigenvalue weighted by Gasteiger charge is -2.39. The Labute approximate surface area is 140 Å². The van der Waals surface area contributed by atoms with E-state index in [9.17, 15) is 20.1 Å². The van der Waals surface area contributed by atoms with Gasteiger partial charge in [-0.2, -0.15) is 11.8 Å². The molecule has 1 aliphatic rings. The van der Waals surface area contributed by atoms with Gasteiger partial charge < -0.3 is 35.2 Å². The lowest BCUT2D eigenvalue weighted by molar-refractivity contribution is -0.300. The van der Waals surface area contributed by atoms with Crippen LogP contribution in [0.15, 0.2) is 12.7 Å². The predicted molar refractivity (Wildman–Crippen MR) is 84.9 cm³/mol. The van der Waals surface area contributed by atoms with Crippen molar-refractivity contribution >= 4 is 17.7 Å². The minimum absolute atomic E-state index is 0.236. The van der Waals surface area contributed by atoms with Crippen molar-refractivity contribution in [1.29, 1.82) is 0 Å². The maximum Gasteiger partial charge on any atom is 0.243 e. The molecule has 0 saturated carbocycles. The number of aliphatic hydroxyl groups excluding tert-OH is 4. The van der Waals surface area contributed by atoms with E-state index in [1.165, 1.54) is 17.8 Å². The summed E-state index contributed by atoms with van der Waals surface area (Å²) in [5.41, 5.74) is 0. The number of hydrogen-bond donors (Lipinski definition) is 5. The Bertz CT molecular complexity index is 401. The summed E-state index contributed by atoms with van der Waals surface area (Å²) in [6, 6.07) is 0. The van der Waals surface area contributed by atoms with E-state index in [4.69, 9.17) is 16.0 Å². The van der Waals surface area contributed by atoms with E-state index in [1.807, 2.05) is 0 Å². The van der Waals surface area contributed by atoms with Crippen LogP contribution in [0.1, 0.15) is 7.79 Å². The van der Waals surface area contributed by atoms with E-state index in [-0.39, 0.29) is 5.91 Å². The van der Waals surface area contributed by atoms with Crippen molar-refractivity contribution in [2.45, 2.75) is 37.1 Å². The van der Waals surface area contributed by atoms with Crippen molar-refractivity contribution in [3.05, 3.63) is 12.7 Å². The lowest BCUT2D eigenvalue weighted by atomic mass is 9.99. The predicted octanol–water partition coefficient (Wildman–Crippen LogP) is -1.77. The molecule has 1 rings (SSSR count). The number of hydrogen-bond acceptors (Lipinski definition) is 8. The van der Waals surface area contributed by atoms with Gasteiger partial charge in [0.05, 0.1) is 14.6 Å². The van der Waals surface area contributed by atoms with Crippen molar-refractivity contribution in [2.24, 2.45) is 0 Å². The molecule has 1 aliphatic heterocycles. The highest BCUT2D eigenvalue weighted by atomic mass is 32.2. The number of carbonyl (C=O) groups is 1. The smallest absolute Gasteiger partial charge is 0.243 e. The molecule has 2 unspecified atom stereocenters. The molecule has 1 fully saturated rings. The highest BCUT2D eigenvalue weighted by Crippen LogP contribution is 2.22. The second-order valence-electron chi connectivity index (χ2n) is 4.90. The molecule has 0 radical (unpaired) electrons. The van der Waals surface area contributed by atoms with Gasteiger partial charge >= 0.3 is 0 Å². The van der Waals surface area contributed by atoms with Crippen LogP contribution in [-0.4, -0.2) is 88.3 Å². The van der Waals surface area contributed by atoms with Crippen molar-refractivity contribution in [1.82, 2.24) is 5.32 Å². The molecule has 0 spiro atoms. The fraction of sp³-hybridized carbons (Fsp3) is 0.786. The Balaban J connectivity index is 2.25. The van der Waals surface area contributed by atoms with Crippen LogP contribution < -0.4 is 5.32 Å². The van der Waals surface area contributed by atoms with Gasteiger partial charge in [0, 0.05) is 12.3 Å². The van der Waals surface area contributed by atoms with Gasteiger partial charge in [-0.1, -0.05) is 6.58 Å². The summed E-state index contributed by atoms with van der Waals surface area (Å²) in [4.78, 5) is 10.9. The third-order valence-electron chi connectivity index (χ3n) is 3.19. The highest BCUT2D eigenvalue weighted by Gasteiger charge is 2.43. The number of nitrogens with one attached hydrogen (secondary N) is 1. The first-order valence-corrected chi connectivity index (χ1v) is 8.42. The Kier molecular flexibility index (Phi) is 8.90. The van der Waals surface area contributed by atoms with E-state index >= 15 is 0 Å². The molecular weight excluding hydrogens is 326 g/mol. The molecule has 8 nitrogen and oxygen atoms in total. The minimum Gasteiger partial charge on any atom is -0.394 e. The summed E-state index contributed by atoms with van der Waals surface area (Å²) in [7, 11) is 0. The van der Waals surface area contributed by atoms with E-state index < -0.39 is 43.9 Å². The van der Waals surface area contributed by atoms with Crippen molar-refractivity contribution in [3.63, 3.8) is 0 Å². The average Bonchev–Trinajstić information content (AvgIpc) is 2.58. The summed E-state index contributed by atoms with van der Waals surface area (Å²) in [5.74, 6) is 1.03. The maximum atomic E-state index is 10.9.